The molecule has 0 aliphatic heterocycles. The van der Waals surface area contributed by atoms with Gasteiger partial charge in [0.15, 0.2) is 0 Å². The van der Waals surface area contributed by atoms with Crippen LogP contribution >= 0.6 is 11.3 Å². The normalized spacial score (nSPS) is 10.0. The van der Waals surface area contributed by atoms with Crippen molar-refractivity contribution in [1.82, 2.24) is 4.98 Å². The van der Waals surface area contributed by atoms with E-state index in [1.54, 1.807) is 29.7 Å². The van der Waals surface area contributed by atoms with Crippen LogP contribution in [0, 0.1) is 0 Å². The predicted molar refractivity (Wildman–Crippen MR) is 65.3 cm³/mol. The first-order valence-electron chi connectivity index (χ1n) is 4.76. The Labute approximate surface area is 97.1 Å². The number of nitrogens with one attached hydrogen (secondary N) is 1. The molecule has 2 aromatic rings. The number of hydrogen-bond donors (Lipinski definition) is 2. The quantitative estimate of drug-likeness (QED) is 0.850. The number of nitrogens with zero attached hydrogens (tertiary/aromatic N) is 1. The number of rotatable bonds is 3. The van der Waals surface area contributed by atoms with Crippen molar-refractivity contribution in [2.75, 3.05) is 11.1 Å². The summed E-state index contributed by atoms with van der Waals surface area (Å²) in [5, 5.41) is 6.67. The SMILES string of the molecule is Nc1ccc(NC(=O)Cc2ccsc2)cn1. The van der Waals surface area contributed by atoms with Gasteiger partial charge in [-0.1, -0.05) is 0 Å². The van der Waals surface area contributed by atoms with Gasteiger partial charge < -0.3 is 11.1 Å². The van der Waals surface area contributed by atoms with Crippen LogP contribution in [0.1, 0.15) is 5.56 Å². The number of aromatic nitrogens is 1. The number of pyridine rings is 1. The molecular formula is C11H11N3OS. The fourth-order valence-corrected chi connectivity index (χ4v) is 1.93. The largest absolute Gasteiger partial charge is 0.384 e. The van der Waals surface area contributed by atoms with E-state index >= 15 is 0 Å². The third kappa shape index (κ3) is 2.80. The van der Waals surface area contributed by atoms with Gasteiger partial charge in [0.25, 0.3) is 0 Å². The zero-order valence-electron chi connectivity index (χ0n) is 8.51. The van der Waals surface area contributed by atoms with Crippen LogP contribution in [0.3, 0.4) is 0 Å². The first-order chi connectivity index (χ1) is 7.74. The molecule has 0 saturated heterocycles. The fraction of sp³-hybridized carbons (Fsp3) is 0.0909. The van der Waals surface area contributed by atoms with E-state index in [2.05, 4.69) is 10.3 Å². The fourth-order valence-electron chi connectivity index (χ4n) is 1.26. The van der Waals surface area contributed by atoms with Crippen LogP contribution in [-0.2, 0) is 11.2 Å². The zero-order valence-corrected chi connectivity index (χ0v) is 9.33. The molecule has 0 spiro atoms. The summed E-state index contributed by atoms with van der Waals surface area (Å²) in [4.78, 5) is 15.5. The van der Waals surface area contributed by atoms with Crippen LogP contribution in [0.2, 0.25) is 0 Å². The summed E-state index contributed by atoms with van der Waals surface area (Å²) in [5.74, 6) is 0.390. The number of carbonyl (C=O) groups is 1. The molecule has 1 amide bonds. The summed E-state index contributed by atoms with van der Waals surface area (Å²) in [7, 11) is 0. The van der Waals surface area contributed by atoms with Crippen LogP contribution in [0.25, 0.3) is 0 Å². The molecule has 16 heavy (non-hydrogen) atoms. The van der Waals surface area contributed by atoms with Crippen molar-refractivity contribution in [2.24, 2.45) is 0 Å². The average Bonchev–Trinajstić information content (AvgIpc) is 2.74. The Morgan fingerprint density at radius 2 is 2.31 bits per heavy atom. The van der Waals surface area contributed by atoms with Crippen molar-refractivity contribution in [3.8, 4) is 0 Å². The maximum atomic E-state index is 11.6. The minimum Gasteiger partial charge on any atom is -0.384 e. The third-order valence-corrected chi connectivity index (χ3v) is 2.75. The molecule has 4 nitrogen and oxygen atoms in total. The number of amides is 1. The van der Waals surface area contributed by atoms with Gasteiger partial charge in [0.2, 0.25) is 5.91 Å². The highest BCUT2D eigenvalue weighted by Gasteiger charge is 2.04. The van der Waals surface area contributed by atoms with Crippen molar-refractivity contribution in [3.05, 3.63) is 40.7 Å². The molecule has 0 atom stereocenters. The van der Waals surface area contributed by atoms with Gasteiger partial charge in [0.05, 0.1) is 18.3 Å². The summed E-state index contributed by atoms with van der Waals surface area (Å²) < 4.78 is 0. The van der Waals surface area contributed by atoms with Gasteiger partial charge in [-0.15, -0.1) is 0 Å². The first-order valence-corrected chi connectivity index (χ1v) is 5.71. The highest BCUT2D eigenvalue weighted by molar-refractivity contribution is 7.08. The lowest BCUT2D eigenvalue weighted by Crippen LogP contribution is -2.14. The number of anilines is 2. The first kappa shape index (κ1) is 10.6. The summed E-state index contributed by atoms with van der Waals surface area (Å²) in [5.41, 5.74) is 7.13. The lowest BCUT2D eigenvalue weighted by Gasteiger charge is -2.03. The van der Waals surface area contributed by atoms with Gasteiger partial charge in [-0.3, -0.25) is 4.79 Å². The summed E-state index contributed by atoms with van der Waals surface area (Å²) >= 11 is 1.58. The molecule has 0 saturated carbocycles. The molecule has 0 radical (unpaired) electrons. The summed E-state index contributed by atoms with van der Waals surface area (Å²) in [6, 6.07) is 5.32. The second-order valence-electron chi connectivity index (χ2n) is 3.33. The molecule has 0 aromatic carbocycles. The van der Waals surface area contributed by atoms with Crippen LogP contribution in [0.5, 0.6) is 0 Å². The Morgan fingerprint density at radius 3 is 2.94 bits per heavy atom. The third-order valence-electron chi connectivity index (χ3n) is 2.01. The summed E-state index contributed by atoms with van der Waals surface area (Å²) in [6.07, 6.45) is 1.93. The molecule has 2 heterocycles. The molecule has 0 fully saturated rings. The van der Waals surface area contributed by atoms with Crippen LogP contribution < -0.4 is 11.1 Å². The molecule has 82 valence electrons. The van der Waals surface area contributed by atoms with E-state index in [0.29, 0.717) is 17.9 Å². The van der Waals surface area contributed by atoms with E-state index in [9.17, 15) is 4.79 Å². The number of nitrogen functional groups attached to an aromatic ring is 1. The maximum Gasteiger partial charge on any atom is 0.228 e. The minimum absolute atomic E-state index is 0.0510. The average molecular weight is 233 g/mol. The highest BCUT2D eigenvalue weighted by atomic mass is 32.1. The summed E-state index contributed by atoms with van der Waals surface area (Å²) in [6.45, 7) is 0. The van der Waals surface area contributed by atoms with E-state index in [0.717, 1.165) is 5.56 Å². The molecule has 2 rings (SSSR count). The van der Waals surface area contributed by atoms with Gasteiger partial charge in [-0.25, -0.2) is 4.98 Å². The maximum absolute atomic E-state index is 11.6. The molecule has 0 bridgehead atoms. The van der Waals surface area contributed by atoms with E-state index in [1.807, 2.05) is 16.8 Å². The topological polar surface area (TPSA) is 68.0 Å². The van der Waals surface area contributed by atoms with Crippen molar-refractivity contribution in [1.29, 1.82) is 0 Å². The van der Waals surface area contributed by atoms with Crippen molar-refractivity contribution in [2.45, 2.75) is 6.42 Å². The molecule has 0 aliphatic rings. The molecule has 0 unspecified atom stereocenters. The molecular weight excluding hydrogens is 222 g/mol. The monoisotopic (exact) mass is 233 g/mol. The van der Waals surface area contributed by atoms with Crippen LogP contribution in [0.4, 0.5) is 11.5 Å². The van der Waals surface area contributed by atoms with E-state index in [-0.39, 0.29) is 5.91 Å². The van der Waals surface area contributed by atoms with Gasteiger partial charge in [-0.05, 0) is 34.5 Å². The lowest BCUT2D eigenvalue weighted by molar-refractivity contribution is -0.115. The number of nitrogens with two attached hydrogens (primary N) is 1. The van der Waals surface area contributed by atoms with E-state index in [1.165, 1.54) is 0 Å². The van der Waals surface area contributed by atoms with Gasteiger partial charge in [0.1, 0.15) is 5.82 Å². The molecule has 3 N–H and O–H groups in total. The highest BCUT2D eigenvalue weighted by Crippen LogP contribution is 2.10. The van der Waals surface area contributed by atoms with Crippen LogP contribution in [-0.4, -0.2) is 10.9 Å². The Balaban J connectivity index is 1.95. The Morgan fingerprint density at radius 1 is 1.44 bits per heavy atom. The van der Waals surface area contributed by atoms with E-state index < -0.39 is 0 Å². The van der Waals surface area contributed by atoms with Crippen molar-refractivity contribution in [3.63, 3.8) is 0 Å². The minimum atomic E-state index is -0.0510. The van der Waals surface area contributed by atoms with Crippen LogP contribution in [0.15, 0.2) is 35.2 Å². The number of hydrogen-bond acceptors (Lipinski definition) is 4. The molecule has 2 aromatic heterocycles. The Kier molecular flexibility index (Phi) is 3.16. The number of thiophene rings is 1. The van der Waals surface area contributed by atoms with Crippen molar-refractivity contribution >= 4 is 28.7 Å². The number of carbonyl (C=O) groups excluding carboxylic acids is 1. The second-order valence-corrected chi connectivity index (χ2v) is 4.11. The lowest BCUT2D eigenvalue weighted by atomic mass is 10.2. The Bertz CT molecular complexity index is 464. The second kappa shape index (κ2) is 4.76. The van der Waals surface area contributed by atoms with Gasteiger partial charge in [-0.2, -0.15) is 11.3 Å². The molecule has 5 heteroatoms. The standard InChI is InChI=1S/C11H11N3OS/c12-10-2-1-9(6-13-10)14-11(15)5-8-3-4-16-7-8/h1-4,6-7H,5H2,(H2,12,13)(H,14,15). The Hall–Kier alpha value is -1.88. The zero-order chi connectivity index (χ0) is 11.4. The predicted octanol–water partition coefficient (Wildman–Crippen LogP) is 1.91. The van der Waals surface area contributed by atoms with Gasteiger partial charge >= 0.3 is 0 Å². The van der Waals surface area contributed by atoms with Gasteiger partial charge in [0, 0.05) is 0 Å². The van der Waals surface area contributed by atoms with Crippen molar-refractivity contribution < 1.29 is 4.79 Å². The molecule has 0 aliphatic carbocycles. The van der Waals surface area contributed by atoms with E-state index in [4.69, 9.17) is 5.73 Å². The smallest absolute Gasteiger partial charge is 0.228 e.